The van der Waals surface area contributed by atoms with Crippen molar-refractivity contribution in [3.05, 3.63) is 65.7 Å². The molecule has 104 valence electrons. The minimum absolute atomic E-state index is 0.355. The van der Waals surface area contributed by atoms with Crippen molar-refractivity contribution >= 4 is 17.4 Å². The molecule has 2 heterocycles. The Balaban J connectivity index is 2.23. The van der Waals surface area contributed by atoms with E-state index in [4.69, 9.17) is 17.3 Å². The summed E-state index contributed by atoms with van der Waals surface area (Å²) >= 11 is 5.97. The zero-order chi connectivity index (χ0) is 14.8. The first-order chi connectivity index (χ1) is 10.1. The van der Waals surface area contributed by atoms with E-state index in [0.717, 1.165) is 11.1 Å². The second-order valence-electron chi connectivity index (χ2n) is 4.49. The zero-order valence-electron chi connectivity index (χ0n) is 10.9. The van der Waals surface area contributed by atoms with Crippen LogP contribution in [0.4, 0.5) is 10.2 Å². The highest BCUT2D eigenvalue weighted by Gasteiger charge is 2.13. The van der Waals surface area contributed by atoms with Crippen LogP contribution in [0.25, 0.3) is 22.4 Å². The van der Waals surface area contributed by atoms with Crippen molar-refractivity contribution in [1.29, 1.82) is 0 Å². The van der Waals surface area contributed by atoms with Gasteiger partial charge in [-0.1, -0.05) is 17.7 Å². The van der Waals surface area contributed by atoms with Crippen molar-refractivity contribution < 1.29 is 4.39 Å². The van der Waals surface area contributed by atoms with Crippen LogP contribution in [0.2, 0.25) is 5.02 Å². The topological polar surface area (TPSA) is 51.8 Å². The predicted molar refractivity (Wildman–Crippen MR) is 82.3 cm³/mol. The average Bonchev–Trinajstić information content (AvgIpc) is 2.50. The number of hydrogen-bond donors (Lipinski definition) is 1. The van der Waals surface area contributed by atoms with Gasteiger partial charge in [-0.2, -0.15) is 0 Å². The van der Waals surface area contributed by atoms with Crippen molar-refractivity contribution in [3.8, 4) is 22.4 Å². The quantitative estimate of drug-likeness (QED) is 0.772. The Bertz CT molecular complexity index is 805. The van der Waals surface area contributed by atoms with Crippen LogP contribution in [0, 0.1) is 5.82 Å². The van der Waals surface area contributed by atoms with E-state index in [-0.39, 0.29) is 5.82 Å². The monoisotopic (exact) mass is 299 g/mol. The summed E-state index contributed by atoms with van der Waals surface area (Å²) in [7, 11) is 0. The van der Waals surface area contributed by atoms with E-state index in [2.05, 4.69) is 9.97 Å². The normalized spacial score (nSPS) is 10.6. The number of benzene rings is 1. The molecule has 0 aliphatic rings. The Morgan fingerprint density at radius 2 is 1.81 bits per heavy atom. The van der Waals surface area contributed by atoms with Gasteiger partial charge in [-0.25, -0.2) is 9.37 Å². The number of halogens is 2. The van der Waals surface area contributed by atoms with Gasteiger partial charge in [0.15, 0.2) is 0 Å². The smallest absolute Gasteiger partial charge is 0.132 e. The molecule has 0 saturated carbocycles. The maximum Gasteiger partial charge on any atom is 0.132 e. The standard InChI is InChI=1S/C16H11ClFN3/c17-11-3-4-14(18)13(9-11)16-12(2-1-6-21-16)10-5-7-20-15(19)8-10/h1-9H,(H2,19,20). The molecule has 0 atom stereocenters. The molecule has 3 nitrogen and oxygen atoms in total. The maximum atomic E-state index is 14.1. The van der Waals surface area contributed by atoms with Crippen molar-refractivity contribution in [3.63, 3.8) is 0 Å². The van der Waals surface area contributed by atoms with Gasteiger partial charge >= 0.3 is 0 Å². The summed E-state index contributed by atoms with van der Waals surface area (Å²) in [4.78, 5) is 8.26. The fourth-order valence-corrected chi connectivity index (χ4v) is 2.32. The van der Waals surface area contributed by atoms with Crippen LogP contribution in [0.15, 0.2) is 54.9 Å². The minimum atomic E-state index is -0.374. The second kappa shape index (κ2) is 5.50. The van der Waals surface area contributed by atoms with Gasteiger partial charge < -0.3 is 5.73 Å². The fourth-order valence-electron chi connectivity index (χ4n) is 2.15. The molecule has 0 radical (unpaired) electrons. The third-order valence-electron chi connectivity index (χ3n) is 3.08. The van der Waals surface area contributed by atoms with Crippen LogP contribution < -0.4 is 5.73 Å². The molecule has 0 fully saturated rings. The molecule has 5 heteroatoms. The Labute approximate surface area is 126 Å². The molecular weight excluding hydrogens is 289 g/mol. The van der Waals surface area contributed by atoms with Crippen LogP contribution in [-0.2, 0) is 0 Å². The third-order valence-corrected chi connectivity index (χ3v) is 3.32. The molecule has 21 heavy (non-hydrogen) atoms. The molecule has 2 aromatic heterocycles. The van der Waals surface area contributed by atoms with E-state index in [1.165, 1.54) is 12.1 Å². The highest BCUT2D eigenvalue weighted by molar-refractivity contribution is 6.30. The highest BCUT2D eigenvalue weighted by atomic mass is 35.5. The first-order valence-electron chi connectivity index (χ1n) is 6.27. The molecule has 2 N–H and O–H groups in total. The summed E-state index contributed by atoms with van der Waals surface area (Å²) in [6.45, 7) is 0. The van der Waals surface area contributed by atoms with Gasteiger partial charge in [0, 0.05) is 28.5 Å². The van der Waals surface area contributed by atoms with Crippen molar-refractivity contribution in [1.82, 2.24) is 9.97 Å². The molecule has 0 aliphatic carbocycles. The molecule has 0 bridgehead atoms. The van der Waals surface area contributed by atoms with Gasteiger partial charge in [0.25, 0.3) is 0 Å². The Morgan fingerprint density at radius 3 is 2.62 bits per heavy atom. The van der Waals surface area contributed by atoms with Gasteiger partial charge in [0.1, 0.15) is 11.6 Å². The van der Waals surface area contributed by atoms with Crippen LogP contribution in [0.3, 0.4) is 0 Å². The summed E-state index contributed by atoms with van der Waals surface area (Å²) in [5, 5.41) is 0.456. The lowest BCUT2D eigenvalue weighted by Gasteiger charge is -2.10. The van der Waals surface area contributed by atoms with Gasteiger partial charge in [-0.15, -0.1) is 0 Å². The third kappa shape index (κ3) is 2.71. The van der Waals surface area contributed by atoms with Gasteiger partial charge in [0.2, 0.25) is 0 Å². The molecule has 3 rings (SSSR count). The lowest BCUT2D eigenvalue weighted by Crippen LogP contribution is -1.94. The van der Waals surface area contributed by atoms with E-state index in [1.807, 2.05) is 6.07 Å². The molecule has 1 aromatic carbocycles. The van der Waals surface area contributed by atoms with Crippen molar-refractivity contribution in [2.75, 3.05) is 5.73 Å². The number of nitrogens with zero attached hydrogens (tertiary/aromatic N) is 2. The van der Waals surface area contributed by atoms with E-state index >= 15 is 0 Å². The largest absolute Gasteiger partial charge is 0.384 e. The second-order valence-corrected chi connectivity index (χ2v) is 4.93. The number of rotatable bonds is 2. The van der Waals surface area contributed by atoms with Gasteiger partial charge in [0.05, 0.1) is 5.69 Å². The van der Waals surface area contributed by atoms with Crippen LogP contribution >= 0.6 is 11.6 Å². The Hall–Kier alpha value is -2.46. The number of aromatic nitrogens is 2. The fraction of sp³-hybridized carbons (Fsp3) is 0. The summed E-state index contributed by atoms with van der Waals surface area (Å²) in [5.41, 5.74) is 8.18. The van der Waals surface area contributed by atoms with Crippen LogP contribution in [0.5, 0.6) is 0 Å². The van der Waals surface area contributed by atoms with Crippen molar-refractivity contribution in [2.45, 2.75) is 0 Å². The number of nitrogen functional groups attached to an aromatic ring is 1. The lowest BCUT2D eigenvalue weighted by molar-refractivity contribution is 0.631. The average molecular weight is 300 g/mol. The molecule has 0 amide bonds. The maximum absolute atomic E-state index is 14.1. The Kier molecular flexibility index (Phi) is 3.54. The summed E-state index contributed by atoms with van der Waals surface area (Å²) < 4.78 is 14.1. The van der Waals surface area contributed by atoms with E-state index in [0.29, 0.717) is 22.1 Å². The highest BCUT2D eigenvalue weighted by Crippen LogP contribution is 2.33. The Morgan fingerprint density at radius 1 is 0.952 bits per heavy atom. The molecule has 3 aromatic rings. The van der Waals surface area contributed by atoms with E-state index in [1.54, 1.807) is 36.7 Å². The molecule has 0 unspecified atom stereocenters. The molecule has 0 spiro atoms. The van der Waals surface area contributed by atoms with Crippen LogP contribution in [0.1, 0.15) is 0 Å². The number of hydrogen-bond acceptors (Lipinski definition) is 3. The van der Waals surface area contributed by atoms with Gasteiger partial charge in [-0.05, 0) is 42.0 Å². The van der Waals surface area contributed by atoms with Crippen LogP contribution in [-0.4, -0.2) is 9.97 Å². The number of anilines is 1. The summed E-state index contributed by atoms with van der Waals surface area (Å²) in [6, 6.07) is 11.6. The molecular formula is C16H11ClFN3. The van der Waals surface area contributed by atoms with E-state index < -0.39 is 0 Å². The summed E-state index contributed by atoms with van der Waals surface area (Å²) in [6.07, 6.45) is 3.22. The SMILES string of the molecule is Nc1cc(-c2cccnc2-c2cc(Cl)ccc2F)ccn1. The first kappa shape index (κ1) is 13.5. The first-order valence-corrected chi connectivity index (χ1v) is 6.65. The van der Waals surface area contributed by atoms with E-state index in [9.17, 15) is 4.39 Å². The number of nitrogens with two attached hydrogens (primary N) is 1. The molecule has 0 aliphatic heterocycles. The predicted octanol–water partition coefficient (Wildman–Crippen LogP) is 4.19. The minimum Gasteiger partial charge on any atom is -0.384 e. The summed E-state index contributed by atoms with van der Waals surface area (Å²) in [5.74, 6) is 0.0234. The van der Waals surface area contributed by atoms with Crippen molar-refractivity contribution in [2.24, 2.45) is 0 Å². The number of pyridine rings is 2. The van der Waals surface area contributed by atoms with Gasteiger partial charge in [-0.3, -0.25) is 4.98 Å². The lowest BCUT2D eigenvalue weighted by atomic mass is 10.00. The molecule has 0 saturated heterocycles. The zero-order valence-corrected chi connectivity index (χ0v) is 11.7.